The summed E-state index contributed by atoms with van der Waals surface area (Å²) < 4.78 is 0. The van der Waals surface area contributed by atoms with E-state index in [0.29, 0.717) is 11.3 Å². The predicted molar refractivity (Wildman–Crippen MR) is 88.3 cm³/mol. The number of piperidine rings is 1. The Kier molecular flexibility index (Phi) is 6.53. The second kappa shape index (κ2) is 8.17. The van der Waals surface area contributed by atoms with Crippen LogP contribution in [0.25, 0.3) is 0 Å². The lowest BCUT2D eigenvalue weighted by Crippen LogP contribution is -2.49. The maximum absolute atomic E-state index is 12.0. The molecular weight excluding hydrogens is 260 g/mol. The molecule has 2 heterocycles. The van der Waals surface area contributed by atoms with Crippen LogP contribution in [-0.2, 0) is 4.79 Å². The van der Waals surface area contributed by atoms with Crippen molar-refractivity contribution in [2.24, 2.45) is 11.3 Å². The maximum Gasteiger partial charge on any atom is 0.222 e. The highest BCUT2D eigenvalue weighted by molar-refractivity contribution is 5.78. The van der Waals surface area contributed by atoms with E-state index >= 15 is 0 Å². The molecule has 0 radical (unpaired) electrons. The van der Waals surface area contributed by atoms with Gasteiger partial charge in [0.05, 0.1) is 0 Å². The Morgan fingerprint density at radius 3 is 2.33 bits per heavy atom. The summed E-state index contributed by atoms with van der Waals surface area (Å²) in [4.78, 5) is 14.2. The smallest absolute Gasteiger partial charge is 0.222 e. The van der Waals surface area contributed by atoms with Crippen LogP contribution in [0.5, 0.6) is 0 Å². The fourth-order valence-corrected chi connectivity index (χ4v) is 4.59. The van der Waals surface area contributed by atoms with E-state index in [2.05, 4.69) is 10.2 Å². The van der Waals surface area contributed by atoms with Crippen LogP contribution in [0, 0.1) is 11.3 Å². The fourth-order valence-electron chi connectivity index (χ4n) is 4.59. The molecule has 0 aromatic carbocycles. The molecular formula is C18H34N2O. The summed E-state index contributed by atoms with van der Waals surface area (Å²) in [6.07, 6.45) is 11.5. The van der Waals surface area contributed by atoms with E-state index in [1.54, 1.807) is 0 Å². The van der Waals surface area contributed by atoms with E-state index in [1.807, 2.05) is 13.8 Å². The normalized spacial score (nSPS) is 26.4. The second-order valence-electron chi connectivity index (χ2n) is 6.87. The predicted octanol–water partition coefficient (Wildman–Crippen LogP) is 3.59. The van der Waals surface area contributed by atoms with Gasteiger partial charge < -0.3 is 10.2 Å². The molecule has 1 saturated carbocycles. The minimum Gasteiger partial charge on any atom is -0.342 e. The van der Waals surface area contributed by atoms with E-state index in [9.17, 15) is 4.79 Å². The quantitative estimate of drug-likeness (QED) is 0.863. The molecule has 3 aliphatic rings. The van der Waals surface area contributed by atoms with Gasteiger partial charge in [-0.1, -0.05) is 33.1 Å². The van der Waals surface area contributed by atoms with Gasteiger partial charge in [0.1, 0.15) is 0 Å². The van der Waals surface area contributed by atoms with Gasteiger partial charge >= 0.3 is 0 Å². The van der Waals surface area contributed by atoms with E-state index in [-0.39, 0.29) is 0 Å². The molecule has 1 aliphatic carbocycles. The van der Waals surface area contributed by atoms with Crippen LogP contribution in [0.1, 0.15) is 71.6 Å². The number of rotatable bonds is 3. The number of amides is 1. The first-order valence-electron chi connectivity index (χ1n) is 9.29. The number of hydrogen-bond acceptors (Lipinski definition) is 2. The van der Waals surface area contributed by atoms with Gasteiger partial charge in [0.2, 0.25) is 5.91 Å². The first-order chi connectivity index (χ1) is 10.3. The van der Waals surface area contributed by atoms with Gasteiger partial charge in [0, 0.05) is 19.5 Å². The number of hydrogen-bond donors (Lipinski definition) is 1. The lowest BCUT2D eigenvalue weighted by atomic mass is 9.63. The van der Waals surface area contributed by atoms with E-state index < -0.39 is 0 Å². The summed E-state index contributed by atoms with van der Waals surface area (Å²) in [6, 6.07) is 0. The van der Waals surface area contributed by atoms with Crippen molar-refractivity contribution < 1.29 is 4.79 Å². The number of carbonyl (C=O) groups is 1. The zero-order valence-corrected chi connectivity index (χ0v) is 14.1. The number of carbonyl (C=O) groups excluding carboxylic acids is 1. The summed E-state index contributed by atoms with van der Waals surface area (Å²) in [7, 11) is 0. The summed E-state index contributed by atoms with van der Waals surface area (Å²) >= 11 is 0. The molecule has 2 aliphatic heterocycles. The van der Waals surface area contributed by atoms with Crippen molar-refractivity contribution in [2.75, 3.05) is 26.2 Å². The average molecular weight is 294 g/mol. The Morgan fingerprint density at radius 2 is 1.76 bits per heavy atom. The van der Waals surface area contributed by atoms with Crippen molar-refractivity contribution in [3.63, 3.8) is 0 Å². The Morgan fingerprint density at radius 1 is 1.10 bits per heavy atom. The van der Waals surface area contributed by atoms with Crippen molar-refractivity contribution in [3.05, 3.63) is 0 Å². The minimum atomic E-state index is 0.411. The Hall–Kier alpha value is -0.570. The third-order valence-corrected chi connectivity index (χ3v) is 5.75. The zero-order chi connectivity index (χ0) is 15.1. The largest absolute Gasteiger partial charge is 0.342 e. The minimum absolute atomic E-state index is 0.411. The first-order valence-corrected chi connectivity index (χ1v) is 9.29. The van der Waals surface area contributed by atoms with Crippen molar-refractivity contribution in [2.45, 2.75) is 71.6 Å². The molecule has 3 heteroatoms. The van der Waals surface area contributed by atoms with Crippen LogP contribution < -0.4 is 5.32 Å². The molecule has 0 spiro atoms. The topological polar surface area (TPSA) is 32.3 Å². The molecule has 3 nitrogen and oxygen atoms in total. The monoisotopic (exact) mass is 294 g/mol. The summed E-state index contributed by atoms with van der Waals surface area (Å²) in [6.45, 7) is 8.37. The van der Waals surface area contributed by atoms with Gasteiger partial charge in [0.25, 0.3) is 0 Å². The third-order valence-electron chi connectivity index (χ3n) is 5.75. The Balaban J connectivity index is 0.000000774. The van der Waals surface area contributed by atoms with Crippen LogP contribution in [0.15, 0.2) is 0 Å². The first kappa shape index (κ1) is 16.8. The third kappa shape index (κ3) is 4.00. The van der Waals surface area contributed by atoms with Gasteiger partial charge in [-0.2, -0.15) is 0 Å². The van der Waals surface area contributed by atoms with Crippen LogP contribution >= 0.6 is 0 Å². The van der Waals surface area contributed by atoms with E-state index in [4.69, 9.17) is 0 Å². The van der Waals surface area contributed by atoms with Crippen LogP contribution in [0.2, 0.25) is 0 Å². The molecule has 0 aromatic heterocycles. The van der Waals surface area contributed by atoms with E-state index in [1.165, 1.54) is 44.9 Å². The molecule has 3 fully saturated rings. The number of likely N-dealkylation sites (tertiary alicyclic amines) is 1. The number of nitrogens with one attached hydrogen (secondary N) is 1. The second-order valence-corrected chi connectivity index (χ2v) is 6.87. The molecule has 0 atom stereocenters. The molecule has 3 rings (SSSR count). The van der Waals surface area contributed by atoms with Gasteiger partial charge in [0.15, 0.2) is 0 Å². The Labute approximate surface area is 130 Å². The molecule has 0 aromatic rings. The molecule has 21 heavy (non-hydrogen) atoms. The highest BCUT2D eigenvalue weighted by Gasteiger charge is 2.42. The van der Waals surface area contributed by atoms with Gasteiger partial charge in [-0.05, 0) is 56.5 Å². The van der Waals surface area contributed by atoms with Crippen molar-refractivity contribution >= 4 is 5.91 Å². The molecule has 0 bridgehead atoms. The van der Waals surface area contributed by atoms with Crippen molar-refractivity contribution in [1.82, 2.24) is 10.2 Å². The SMILES string of the molecule is CC.O=C1CCCN1CC1(C2CCCCC2)CCNCC1. The maximum atomic E-state index is 12.0. The lowest BCUT2D eigenvalue weighted by Gasteiger charge is -2.47. The molecule has 0 unspecified atom stereocenters. The summed E-state index contributed by atoms with van der Waals surface area (Å²) in [5.41, 5.74) is 0.436. The van der Waals surface area contributed by atoms with Crippen molar-refractivity contribution in [1.29, 1.82) is 0 Å². The lowest BCUT2D eigenvalue weighted by molar-refractivity contribution is -0.130. The highest BCUT2D eigenvalue weighted by atomic mass is 16.2. The van der Waals surface area contributed by atoms with Crippen LogP contribution in [0.3, 0.4) is 0 Å². The van der Waals surface area contributed by atoms with Crippen LogP contribution in [0.4, 0.5) is 0 Å². The molecule has 122 valence electrons. The average Bonchev–Trinajstić information content (AvgIpc) is 2.96. The summed E-state index contributed by atoms with van der Waals surface area (Å²) in [5, 5.41) is 3.51. The molecule has 2 saturated heterocycles. The van der Waals surface area contributed by atoms with Crippen LogP contribution in [-0.4, -0.2) is 37.0 Å². The van der Waals surface area contributed by atoms with Crippen molar-refractivity contribution in [3.8, 4) is 0 Å². The fraction of sp³-hybridized carbons (Fsp3) is 0.944. The Bertz CT molecular complexity index is 317. The number of nitrogens with zero attached hydrogens (tertiary/aromatic N) is 1. The zero-order valence-electron chi connectivity index (χ0n) is 14.1. The van der Waals surface area contributed by atoms with Gasteiger partial charge in [-0.15, -0.1) is 0 Å². The highest BCUT2D eigenvalue weighted by Crippen LogP contribution is 2.45. The van der Waals surface area contributed by atoms with E-state index in [0.717, 1.165) is 44.9 Å². The van der Waals surface area contributed by atoms with Gasteiger partial charge in [-0.3, -0.25) is 4.79 Å². The molecule has 1 amide bonds. The van der Waals surface area contributed by atoms with Gasteiger partial charge in [-0.25, -0.2) is 0 Å². The molecule has 1 N–H and O–H groups in total. The summed E-state index contributed by atoms with van der Waals surface area (Å²) in [5.74, 6) is 1.28. The standard InChI is InChI=1S/C16H28N2O.C2H6/c19-15-7-4-12-18(15)13-16(8-10-17-11-9-16)14-5-2-1-3-6-14;1-2/h14,17H,1-13H2;1-2H3.